The van der Waals surface area contributed by atoms with Gasteiger partial charge in [0.05, 0.1) is 18.2 Å². The molecule has 7 heteroatoms. The lowest BCUT2D eigenvalue weighted by Crippen LogP contribution is -2.58. The van der Waals surface area contributed by atoms with Gasteiger partial charge >= 0.3 is 12.2 Å². The number of aliphatic hydroxyl groups is 1. The van der Waals surface area contributed by atoms with Crippen LogP contribution in [-0.2, 0) is 0 Å². The van der Waals surface area contributed by atoms with Crippen molar-refractivity contribution in [1.29, 1.82) is 0 Å². The molecule has 0 unspecified atom stereocenters. The standard InChI is InChI=1S/C8H14N2O5/c11-5-3-1-2-4(9-7(12)13)6(5)10-8(14)15/h4-6,9-11H,1-3H2,(H,12,13)(H,14,15)/t4-,5+,6-/m1/s1. The van der Waals surface area contributed by atoms with Crippen LogP contribution in [0.1, 0.15) is 19.3 Å². The van der Waals surface area contributed by atoms with Crippen LogP contribution in [0.3, 0.4) is 0 Å². The van der Waals surface area contributed by atoms with E-state index in [1.807, 2.05) is 0 Å². The lowest BCUT2D eigenvalue weighted by molar-refractivity contribution is 0.0685. The van der Waals surface area contributed by atoms with Gasteiger partial charge in [0, 0.05) is 0 Å². The van der Waals surface area contributed by atoms with E-state index in [2.05, 4.69) is 10.6 Å². The molecular weight excluding hydrogens is 204 g/mol. The SMILES string of the molecule is O=C(O)N[C@H]1[C@@H](O)CCC[C@H]1NC(=O)O. The molecule has 15 heavy (non-hydrogen) atoms. The maximum absolute atomic E-state index is 10.4. The van der Waals surface area contributed by atoms with Crippen LogP contribution in [0.5, 0.6) is 0 Å². The Morgan fingerprint density at radius 3 is 2.20 bits per heavy atom. The molecule has 5 N–H and O–H groups in total. The maximum atomic E-state index is 10.4. The van der Waals surface area contributed by atoms with Crippen molar-refractivity contribution in [3.05, 3.63) is 0 Å². The normalized spacial score (nSPS) is 30.6. The predicted molar refractivity (Wildman–Crippen MR) is 49.8 cm³/mol. The van der Waals surface area contributed by atoms with E-state index in [0.717, 1.165) is 0 Å². The summed E-state index contributed by atoms with van der Waals surface area (Å²) >= 11 is 0. The molecule has 0 aliphatic heterocycles. The van der Waals surface area contributed by atoms with Crippen LogP contribution in [0.25, 0.3) is 0 Å². The predicted octanol–water partition coefficient (Wildman–Crippen LogP) is -0.196. The van der Waals surface area contributed by atoms with Gasteiger partial charge in [0.1, 0.15) is 0 Å². The van der Waals surface area contributed by atoms with Gasteiger partial charge in [-0.1, -0.05) is 0 Å². The highest BCUT2D eigenvalue weighted by Gasteiger charge is 2.34. The largest absolute Gasteiger partial charge is 0.465 e. The van der Waals surface area contributed by atoms with Crippen molar-refractivity contribution in [2.75, 3.05) is 0 Å². The number of nitrogens with one attached hydrogen (secondary N) is 2. The first-order valence-corrected chi connectivity index (χ1v) is 4.67. The first-order chi connectivity index (χ1) is 7.00. The Morgan fingerprint density at radius 2 is 1.67 bits per heavy atom. The van der Waals surface area contributed by atoms with E-state index < -0.39 is 30.4 Å². The fraction of sp³-hybridized carbons (Fsp3) is 0.750. The Kier molecular flexibility index (Phi) is 3.73. The van der Waals surface area contributed by atoms with Crippen molar-refractivity contribution < 1.29 is 24.9 Å². The van der Waals surface area contributed by atoms with Gasteiger partial charge < -0.3 is 26.0 Å². The minimum atomic E-state index is -1.27. The molecule has 0 aromatic carbocycles. The highest BCUT2D eigenvalue weighted by molar-refractivity contribution is 5.67. The van der Waals surface area contributed by atoms with E-state index in [4.69, 9.17) is 10.2 Å². The zero-order chi connectivity index (χ0) is 11.4. The summed E-state index contributed by atoms with van der Waals surface area (Å²) in [6.07, 6.45) is -1.66. The Hall–Kier alpha value is -1.50. The van der Waals surface area contributed by atoms with Crippen LogP contribution in [0.15, 0.2) is 0 Å². The average molecular weight is 218 g/mol. The van der Waals surface area contributed by atoms with Gasteiger partial charge in [-0.05, 0) is 19.3 Å². The first-order valence-electron chi connectivity index (χ1n) is 4.67. The fourth-order valence-corrected chi connectivity index (χ4v) is 1.83. The van der Waals surface area contributed by atoms with Crippen molar-refractivity contribution in [1.82, 2.24) is 10.6 Å². The van der Waals surface area contributed by atoms with E-state index in [9.17, 15) is 14.7 Å². The van der Waals surface area contributed by atoms with Gasteiger partial charge in [0.25, 0.3) is 0 Å². The van der Waals surface area contributed by atoms with E-state index in [1.165, 1.54) is 0 Å². The molecule has 2 amide bonds. The molecule has 0 aromatic heterocycles. The quantitative estimate of drug-likeness (QED) is 0.440. The fourth-order valence-electron chi connectivity index (χ4n) is 1.83. The molecule has 1 aliphatic carbocycles. The number of carbonyl (C=O) groups is 2. The summed E-state index contributed by atoms with van der Waals surface area (Å²) in [4.78, 5) is 20.9. The molecular formula is C8H14N2O5. The topological polar surface area (TPSA) is 119 Å². The van der Waals surface area contributed by atoms with Gasteiger partial charge in [-0.25, -0.2) is 9.59 Å². The smallest absolute Gasteiger partial charge is 0.405 e. The second kappa shape index (κ2) is 4.83. The van der Waals surface area contributed by atoms with E-state index in [-0.39, 0.29) is 0 Å². The Balaban J connectivity index is 2.63. The van der Waals surface area contributed by atoms with Crippen LogP contribution >= 0.6 is 0 Å². The first kappa shape index (κ1) is 11.6. The van der Waals surface area contributed by atoms with Crippen molar-refractivity contribution in [3.8, 4) is 0 Å². The number of amides is 2. The summed E-state index contributed by atoms with van der Waals surface area (Å²) in [5.41, 5.74) is 0. The monoisotopic (exact) mass is 218 g/mol. The van der Waals surface area contributed by atoms with Crippen LogP contribution in [-0.4, -0.2) is 45.7 Å². The number of hydrogen-bond donors (Lipinski definition) is 5. The van der Waals surface area contributed by atoms with Crippen LogP contribution in [0.4, 0.5) is 9.59 Å². The molecule has 0 spiro atoms. The summed E-state index contributed by atoms with van der Waals surface area (Å²) in [5.74, 6) is 0. The minimum Gasteiger partial charge on any atom is -0.465 e. The van der Waals surface area contributed by atoms with Crippen molar-refractivity contribution in [3.63, 3.8) is 0 Å². The number of rotatable bonds is 2. The maximum Gasteiger partial charge on any atom is 0.405 e. The third-order valence-electron chi connectivity index (χ3n) is 2.46. The van der Waals surface area contributed by atoms with Gasteiger partial charge in [0.2, 0.25) is 0 Å². The molecule has 1 aliphatic rings. The Bertz CT molecular complexity index is 257. The molecule has 1 fully saturated rings. The van der Waals surface area contributed by atoms with E-state index in [0.29, 0.717) is 19.3 Å². The Labute approximate surface area is 86.1 Å². The second-order valence-electron chi connectivity index (χ2n) is 3.53. The summed E-state index contributed by atoms with van der Waals surface area (Å²) in [7, 11) is 0. The van der Waals surface area contributed by atoms with Gasteiger partial charge in [-0.15, -0.1) is 0 Å². The molecule has 1 rings (SSSR count). The number of carboxylic acid groups (broad SMARTS) is 2. The highest BCUT2D eigenvalue weighted by atomic mass is 16.4. The van der Waals surface area contributed by atoms with Crippen LogP contribution in [0.2, 0.25) is 0 Å². The zero-order valence-electron chi connectivity index (χ0n) is 8.01. The minimum absolute atomic E-state index is 0.475. The average Bonchev–Trinajstić information content (AvgIpc) is 2.09. The lowest BCUT2D eigenvalue weighted by atomic mass is 9.88. The molecule has 86 valence electrons. The van der Waals surface area contributed by atoms with E-state index in [1.54, 1.807) is 0 Å². The van der Waals surface area contributed by atoms with Gasteiger partial charge in [-0.3, -0.25) is 0 Å². The number of hydrogen-bond acceptors (Lipinski definition) is 3. The molecule has 0 saturated heterocycles. The van der Waals surface area contributed by atoms with Gasteiger partial charge in [-0.2, -0.15) is 0 Å². The summed E-state index contributed by atoms with van der Waals surface area (Å²) < 4.78 is 0. The third kappa shape index (κ3) is 3.28. The third-order valence-corrected chi connectivity index (χ3v) is 2.46. The van der Waals surface area contributed by atoms with Crippen molar-refractivity contribution in [2.45, 2.75) is 37.5 Å². The van der Waals surface area contributed by atoms with Crippen LogP contribution in [0, 0.1) is 0 Å². The molecule has 0 bridgehead atoms. The summed E-state index contributed by atoms with van der Waals surface area (Å²) in [5, 5.41) is 30.9. The number of aliphatic hydroxyl groups excluding tert-OH is 1. The molecule has 1 saturated carbocycles. The Morgan fingerprint density at radius 1 is 1.07 bits per heavy atom. The summed E-state index contributed by atoms with van der Waals surface area (Å²) in [6, 6.07) is -1.34. The van der Waals surface area contributed by atoms with Gasteiger partial charge in [0.15, 0.2) is 0 Å². The zero-order valence-corrected chi connectivity index (χ0v) is 8.01. The summed E-state index contributed by atoms with van der Waals surface area (Å²) in [6.45, 7) is 0. The van der Waals surface area contributed by atoms with Crippen LogP contribution < -0.4 is 10.6 Å². The molecule has 0 heterocycles. The van der Waals surface area contributed by atoms with Crippen molar-refractivity contribution in [2.24, 2.45) is 0 Å². The lowest BCUT2D eigenvalue weighted by Gasteiger charge is -2.34. The molecule has 7 nitrogen and oxygen atoms in total. The second-order valence-corrected chi connectivity index (χ2v) is 3.53. The van der Waals surface area contributed by atoms with Crippen molar-refractivity contribution >= 4 is 12.2 Å². The molecule has 3 atom stereocenters. The molecule has 0 aromatic rings. The van der Waals surface area contributed by atoms with E-state index >= 15 is 0 Å². The highest BCUT2D eigenvalue weighted by Crippen LogP contribution is 2.19. The molecule has 0 radical (unpaired) electrons.